The third-order valence-corrected chi connectivity index (χ3v) is 18.6. The minimum absolute atomic E-state index is 0.00826. The molecule has 8 nitrogen and oxygen atoms in total. The van der Waals surface area contributed by atoms with Gasteiger partial charge in [-0.2, -0.15) is 114 Å². The molecule has 10 heterocycles. The van der Waals surface area contributed by atoms with Gasteiger partial charge >= 0.3 is 71.6 Å². The van der Waals surface area contributed by atoms with E-state index in [1.54, 1.807) is 0 Å². The number of fused-ring (bicyclic) bond motifs is 16. The van der Waals surface area contributed by atoms with Crippen molar-refractivity contribution in [3.05, 3.63) is 238 Å². The number of rotatable bonds is 14. The van der Waals surface area contributed by atoms with Gasteiger partial charge in [0.2, 0.25) is 0 Å². The highest BCUT2D eigenvalue weighted by molar-refractivity contribution is 6.01. The maximum atomic E-state index is 17.2. The molecule has 14 rings (SSSR count). The molecule has 0 radical (unpaired) electrons. The van der Waals surface area contributed by atoms with Gasteiger partial charge in [-0.25, -0.2) is 19.9 Å². The number of halogens is 26. The van der Waals surface area contributed by atoms with E-state index in [0.717, 1.165) is 24.3 Å². The first kappa shape index (κ1) is 78.1. The maximum absolute atomic E-state index is 17.2. The van der Waals surface area contributed by atoms with Crippen LogP contribution in [-0.2, 0) is 11.8 Å². The van der Waals surface area contributed by atoms with E-state index < -0.39 is 122 Å². The first-order valence-electron chi connectivity index (χ1n) is 32.9. The van der Waals surface area contributed by atoms with Crippen molar-refractivity contribution >= 4 is 92.2 Å². The summed E-state index contributed by atoms with van der Waals surface area (Å²) in [7, 11) is 0. The van der Waals surface area contributed by atoms with E-state index in [1.165, 1.54) is 170 Å². The molecule has 0 saturated heterocycles. The number of aromatic amines is 4. The number of nitrogens with one attached hydrogen (secondary N) is 4. The highest BCUT2D eigenvalue weighted by Crippen LogP contribution is 2.65. The number of nitrogens with zero attached hydrogens (tertiary/aromatic N) is 4. The average molecular weight is 1610 g/mol. The van der Waals surface area contributed by atoms with E-state index in [4.69, 9.17) is 9.97 Å². The van der Waals surface area contributed by atoms with Crippen LogP contribution >= 0.6 is 0 Å². The zero-order chi connectivity index (χ0) is 82.1. The van der Waals surface area contributed by atoms with Crippen molar-refractivity contribution in [2.75, 3.05) is 0 Å². The number of benzene rings is 4. The lowest BCUT2D eigenvalue weighted by Gasteiger charge is -2.39. The van der Waals surface area contributed by atoms with Crippen LogP contribution in [0.15, 0.2) is 176 Å². The third-order valence-electron chi connectivity index (χ3n) is 18.6. The van der Waals surface area contributed by atoms with Crippen LogP contribution < -0.4 is 0 Å². The lowest BCUT2D eigenvalue weighted by atomic mass is 9.90. The van der Waals surface area contributed by atoms with Gasteiger partial charge < -0.3 is 19.9 Å². The van der Waals surface area contributed by atoms with Gasteiger partial charge in [-0.1, -0.05) is 133 Å². The fourth-order valence-corrected chi connectivity index (χ4v) is 13.0. The Kier molecular flexibility index (Phi) is 18.5. The van der Waals surface area contributed by atoms with Crippen LogP contribution in [0.25, 0.3) is 137 Å². The van der Waals surface area contributed by atoms with Gasteiger partial charge in [-0.05, 0) is 131 Å². The van der Waals surface area contributed by atoms with Gasteiger partial charge in [-0.15, -0.1) is 0 Å². The van der Waals surface area contributed by atoms with Gasteiger partial charge in [-0.3, -0.25) is 0 Å². The molecule has 0 amide bonds. The van der Waals surface area contributed by atoms with E-state index in [-0.39, 0.29) is 106 Å². The SMILES string of the molecule is FC(F)(F)C(F)(F)C(F)(F)C(F)(F)C(F)(F)C(F)(F)c1c2nc(c(-c3ccccc3)c3ccc(cc4nc(c(-c5ccccc5)c5ccc1[nH]5)C=C4C#CC#Cc1cc4[nH]c1cc1nc(c(-c5ccccc5)c5ccc([nH]5)c(C(F)(F)C(F)(F)C(F)(F)C(F)(F)C(F)(F)C(F)(F)F)c5nc(c4-c4ccccc4)C=C5)C=C1)[nH]3)C=C2. The summed E-state index contributed by atoms with van der Waals surface area (Å²) in [4.78, 5) is 28.6. The van der Waals surface area contributed by atoms with E-state index in [9.17, 15) is 61.5 Å². The smallest absolute Gasteiger partial charge is 0.355 e. The fraction of sp³-hybridized carbons (Fsp3) is 0.150. The maximum Gasteiger partial charge on any atom is 0.460 e. The number of hydrogen-bond acceptors (Lipinski definition) is 4. The van der Waals surface area contributed by atoms with E-state index in [2.05, 4.69) is 53.6 Å². The minimum atomic E-state index is -8.26. The Hall–Kier alpha value is -12.6. The lowest BCUT2D eigenvalue weighted by Crippen LogP contribution is -2.69. The second kappa shape index (κ2) is 27.1. The molecule has 6 aromatic heterocycles. The zero-order valence-corrected chi connectivity index (χ0v) is 56.4. The summed E-state index contributed by atoms with van der Waals surface area (Å²) in [5.74, 6) is -67.4. The monoisotopic (exact) mass is 1610 g/mol. The molecule has 0 aliphatic carbocycles. The Morgan fingerprint density at radius 2 is 0.605 bits per heavy atom. The molecule has 10 aromatic rings. The Morgan fingerprint density at radius 3 is 1.04 bits per heavy atom. The molecule has 0 fully saturated rings. The minimum Gasteiger partial charge on any atom is -0.355 e. The molecule has 0 atom stereocenters. The number of H-pyrrole nitrogens is 4. The van der Waals surface area contributed by atoms with E-state index in [0.29, 0.717) is 24.3 Å². The molecule has 582 valence electrons. The van der Waals surface area contributed by atoms with E-state index in [1.807, 2.05) is 0 Å². The molecule has 4 N–H and O–H groups in total. The summed E-state index contributed by atoms with van der Waals surface area (Å²) in [6.45, 7) is 0. The standard InChI is InChI=1S/C80H40F26N8/c81-69(82,71(85,86)73(89,90)75(93,94)77(97,98)79(101,102)103)67-55-33-29-51(109-55)63(41-15-5-1-6-16-41)49-27-25-47(107-49)39-59-45(37-61(113-59)65(43-19-9-3-10-20-43)53-31-35-57(67)111-53)23-13-14-24-46-38-62-66(44-21-11-4-12-22-44)54-32-36-58(112-54)68(70(83,84)72(87,88)74(91,92)76(95,96)78(99,100)80(104,105)106)56-34-30-52(110-56)64(42-17-7-2-8-18-42)50-28-26-48(108-50)40-60(46)114-62/h1-12,15-22,25-40,107,110-111,114H. The van der Waals surface area contributed by atoms with Crippen LogP contribution in [0.2, 0.25) is 0 Å². The quantitative estimate of drug-likeness (QED) is 0.0641. The molecule has 0 spiro atoms. The van der Waals surface area contributed by atoms with Crippen LogP contribution in [0, 0.1) is 23.7 Å². The molecule has 4 aliphatic rings. The highest BCUT2D eigenvalue weighted by Gasteiger charge is 2.92. The number of hydrogen-bond donors (Lipinski definition) is 4. The van der Waals surface area contributed by atoms with Crippen LogP contribution in [0.5, 0.6) is 0 Å². The summed E-state index contributed by atoms with van der Waals surface area (Å²) in [5, 5.41) is 0. The largest absolute Gasteiger partial charge is 0.460 e. The molecule has 16 bridgehead atoms. The van der Waals surface area contributed by atoms with Crippen molar-refractivity contribution in [3.63, 3.8) is 0 Å². The first-order valence-corrected chi connectivity index (χ1v) is 32.9. The highest BCUT2D eigenvalue weighted by atomic mass is 19.4. The van der Waals surface area contributed by atoms with Crippen molar-refractivity contribution in [1.29, 1.82) is 0 Å². The Labute approximate surface area is 622 Å². The molecule has 4 aromatic carbocycles. The number of allylic oxidation sites excluding steroid dienone is 1. The molecule has 4 aliphatic heterocycles. The van der Waals surface area contributed by atoms with Crippen molar-refractivity contribution < 1.29 is 114 Å². The summed E-state index contributed by atoms with van der Waals surface area (Å²) in [5.41, 5.74) is -11.9. The van der Waals surface area contributed by atoms with Crippen molar-refractivity contribution in [3.8, 4) is 68.2 Å². The van der Waals surface area contributed by atoms with Gasteiger partial charge in [0.05, 0.1) is 84.4 Å². The lowest BCUT2D eigenvalue weighted by molar-refractivity contribution is -0.441. The van der Waals surface area contributed by atoms with Gasteiger partial charge in [0.1, 0.15) is 0 Å². The molecular weight excluding hydrogens is 1570 g/mol. The van der Waals surface area contributed by atoms with Crippen LogP contribution in [-0.4, -0.2) is 99.6 Å². The summed E-state index contributed by atoms with van der Waals surface area (Å²) in [6, 6.07) is 39.2. The van der Waals surface area contributed by atoms with Crippen molar-refractivity contribution in [1.82, 2.24) is 39.9 Å². The van der Waals surface area contributed by atoms with E-state index >= 15 is 52.7 Å². The predicted octanol–water partition coefficient (Wildman–Crippen LogP) is 24.1. The van der Waals surface area contributed by atoms with Gasteiger partial charge in [0.25, 0.3) is 0 Å². The van der Waals surface area contributed by atoms with Gasteiger partial charge in [0, 0.05) is 49.8 Å². The van der Waals surface area contributed by atoms with Gasteiger partial charge in [0.15, 0.2) is 0 Å². The zero-order valence-electron chi connectivity index (χ0n) is 56.4. The van der Waals surface area contributed by atoms with Crippen molar-refractivity contribution in [2.45, 2.75) is 71.6 Å². The summed E-state index contributed by atoms with van der Waals surface area (Å²) in [6.07, 6.45) is -8.46. The Morgan fingerprint density at radius 1 is 0.263 bits per heavy atom. The normalized spacial score (nSPS) is 14.0. The van der Waals surface area contributed by atoms with Crippen LogP contribution in [0.3, 0.4) is 0 Å². The van der Waals surface area contributed by atoms with Crippen molar-refractivity contribution in [2.24, 2.45) is 0 Å². The molecule has 0 saturated carbocycles. The van der Waals surface area contributed by atoms with Crippen LogP contribution in [0.1, 0.15) is 62.2 Å². The summed E-state index contributed by atoms with van der Waals surface area (Å²) >= 11 is 0. The average Bonchev–Trinajstić information content (AvgIpc) is 1.09. The predicted molar refractivity (Wildman–Crippen MR) is 373 cm³/mol. The molecule has 0 unspecified atom stereocenters. The Bertz CT molecular complexity index is 6180. The Balaban J connectivity index is 0.993. The topological polar surface area (TPSA) is 115 Å². The first-order chi connectivity index (χ1) is 53.4. The third kappa shape index (κ3) is 12.4. The molecule has 34 heteroatoms. The number of aromatic nitrogens is 8. The molecule has 114 heavy (non-hydrogen) atoms. The number of alkyl halides is 26. The fourth-order valence-electron chi connectivity index (χ4n) is 13.0. The summed E-state index contributed by atoms with van der Waals surface area (Å²) < 4.78 is 394. The second-order valence-corrected chi connectivity index (χ2v) is 25.8. The van der Waals surface area contributed by atoms with Crippen LogP contribution in [0.4, 0.5) is 114 Å². The molecular formula is C80H40F26N8. The second-order valence-electron chi connectivity index (χ2n) is 25.8.